The molecule has 1 heterocycles. The van der Waals surface area contributed by atoms with Crippen LogP contribution in [0.25, 0.3) is 0 Å². The largest absolute Gasteiger partial charge is 0.353 e. The van der Waals surface area contributed by atoms with Crippen LogP contribution in [0, 0.1) is 17.8 Å². The van der Waals surface area contributed by atoms with E-state index in [1.807, 2.05) is 6.07 Å². The number of carbonyl (C=O) groups is 1. The predicted molar refractivity (Wildman–Crippen MR) is 94.2 cm³/mol. The highest BCUT2D eigenvalue weighted by atomic mass is 16.1. The highest BCUT2D eigenvalue weighted by Crippen LogP contribution is 2.34. The van der Waals surface area contributed by atoms with Crippen LogP contribution >= 0.6 is 0 Å². The molecule has 3 atom stereocenters. The van der Waals surface area contributed by atoms with Crippen LogP contribution < -0.4 is 10.6 Å². The lowest BCUT2D eigenvalue weighted by Crippen LogP contribution is -2.40. The summed E-state index contributed by atoms with van der Waals surface area (Å²) in [5, 5.41) is 6.80. The van der Waals surface area contributed by atoms with Gasteiger partial charge in [-0.15, -0.1) is 0 Å². The smallest absolute Gasteiger partial charge is 0.220 e. The van der Waals surface area contributed by atoms with E-state index in [2.05, 4.69) is 41.8 Å². The molecule has 1 saturated heterocycles. The third kappa shape index (κ3) is 5.07. The first-order chi connectivity index (χ1) is 11.2. The first-order valence-corrected chi connectivity index (χ1v) is 9.26. The summed E-state index contributed by atoms with van der Waals surface area (Å²) < 4.78 is 0. The van der Waals surface area contributed by atoms with Crippen LogP contribution in [0.15, 0.2) is 30.3 Å². The molecule has 1 amide bonds. The van der Waals surface area contributed by atoms with Gasteiger partial charge in [-0.1, -0.05) is 37.3 Å². The Morgan fingerprint density at radius 2 is 2.00 bits per heavy atom. The third-order valence-corrected chi connectivity index (χ3v) is 5.48. The Bertz CT molecular complexity index is 492. The molecule has 1 aliphatic heterocycles. The van der Waals surface area contributed by atoms with E-state index in [4.69, 9.17) is 0 Å². The molecule has 3 nitrogen and oxygen atoms in total. The van der Waals surface area contributed by atoms with Crippen molar-refractivity contribution in [3.05, 3.63) is 35.9 Å². The average Bonchev–Trinajstić information content (AvgIpc) is 3.41. The van der Waals surface area contributed by atoms with E-state index in [-0.39, 0.29) is 5.91 Å². The van der Waals surface area contributed by atoms with Crippen molar-refractivity contribution in [2.75, 3.05) is 13.1 Å². The zero-order chi connectivity index (χ0) is 16.1. The van der Waals surface area contributed by atoms with E-state index in [1.54, 1.807) is 0 Å². The Kier molecular flexibility index (Phi) is 5.71. The second-order valence-corrected chi connectivity index (χ2v) is 7.49. The van der Waals surface area contributed by atoms with E-state index < -0.39 is 0 Å². The molecule has 3 heteroatoms. The Balaban J connectivity index is 1.50. The zero-order valence-corrected chi connectivity index (χ0v) is 14.3. The van der Waals surface area contributed by atoms with Crippen molar-refractivity contribution >= 4 is 5.91 Å². The fourth-order valence-corrected chi connectivity index (χ4v) is 3.79. The van der Waals surface area contributed by atoms with Crippen molar-refractivity contribution < 1.29 is 4.79 Å². The minimum absolute atomic E-state index is 0.246. The maximum Gasteiger partial charge on any atom is 0.220 e. The molecule has 126 valence electrons. The van der Waals surface area contributed by atoms with E-state index in [0.29, 0.717) is 30.2 Å². The van der Waals surface area contributed by atoms with Gasteiger partial charge in [0.05, 0.1) is 0 Å². The standard InChI is InChI=1S/C20H30N2O/c1-15(18-8-5-11-21-14-18)12-20(23)22-19(17-9-10-17)13-16-6-3-2-4-7-16/h2-4,6-7,15,17-19,21H,5,8-14H2,1H3,(H,22,23). The monoisotopic (exact) mass is 314 g/mol. The van der Waals surface area contributed by atoms with Crippen LogP contribution in [0.5, 0.6) is 0 Å². The molecule has 23 heavy (non-hydrogen) atoms. The van der Waals surface area contributed by atoms with Gasteiger partial charge in [0, 0.05) is 12.5 Å². The normalized spacial score (nSPS) is 24.0. The van der Waals surface area contributed by atoms with Crippen LogP contribution in [0.2, 0.25) is 0 Å². The fourth-order valence-electron chi connectivity index (χ4n) is 3.79. The van der Waals surface area contributed by atoms with Crippen LogP contribution in [-0.2, 0) is 11.2 Å². The molecule has 2 N–H and O–H groups in total. The minimum Gasteiger partial charge on any atom is -0.353 e. The molecular formula is C20H30N2O. The van der Waals surface area contributed by atoms with Crippen LogP contribution in [0.1, 0.15) is 44.6 Å². The molecule has 0 spiro atoms. The summed E-state index contributed by atoms with van der Waals surface area (Å²) in [6.45, 7) is 4.45. The van der Waals surface area contributed by atoms with Gasteiger partial charge in [0.15, 0.2) is 0 Å². The highest BCUT2D eigenvalue weighted by Gasteiger charge is 2.32. The van der Waals surface area contributed by atoms with Gasteiger partial charge in [-0.2, -0.15) is 0 Å². The highest BCUT2D eigenvalue weighted by molar-refractivity contribution is 5.76. The number of hydrogen-bond donors (Lipinski definition) is 2. The molecular weight excluding hydrogens is 284 g/mol. The van der Waals surface area contributed by atoms with Gasteiger partial charge in [0.2, 0.25) is 5.91 Å². The summed E-state index contributed by atoms with van der Waals surface area (Å²) in [6.07, 6.45) is 6.67. The summed E-state index contributed by atoms with van der Waals surface area (Å²) in [7, 11) is 0. The van der Waals surface area contributed by atoms with Crippen LogP contribution in [0.4, 0.5) is 0 Å². The zero-order valence-electron chi connectivity index (χ0n) is 14.3. The number of nitrogens with one attached hydrogen (secondary N) is 2. The number of carbonyl (C=O) groups excluding carboxylic acids is 1. The molecule has 1 aromatic rings. The summed E-state index contributed by atoms with van der Waals surface area (Å²) >= 11 is 0. The Morgan fingerprint density at radius 3 is 2.65 bits per heavy atom. The van der Waals surface area contributed by atoms with E-state index in [1.165, 1.54) is 31.2 Å². The van der Waals surface area contributed by atoms with Crippen molar-refractivity contribution in [1.29, 1.82) is 0 Å². The second kappa shape index (κ2) is 7.96. The lowest BCUT2D eigenvalue weighted by atomic mass is 9.85. The van der Waals surface area contributed by atoms with Crippen molar-refractivity contribution in [3.8, 4) is 0 Å². The van der Waals surface area contributed by atoms with Gasteiger partial charge in [0.1, 0.15) is 0 Å². The summed E-state index contributed by atoms with van der Waals surface area (Å²) in [5.74, 6) is 2.06. The Morgan fingerprint density at radius 1 is 1.22 bits per heavy atom. The molecule has 3 unspecified atom stereocenters. The molecule has 0 aromatic heterocycles. The van der Waals surface area contributed by atoms with Crippen LogP contribution in [-0.4, -0.2) is 25.0 Å². The van der Waals surface area contributed by atoms with E-state index in [9.17, 15) is 4.79 Å². The predicted octanol–water partition coefficient (Wildman–Crippen LogP) is 3.15. The SMILES string of the molecule is CC(CC(=O)NC(Cc1ccccc1)C1CC1)C1CCCNC1. The molecule has 1 aliphatic carbocycles. The van der Waals surface area contributed by atoms with Gasteiger partial charge in [0.25, 0.3) is 0 Å². The lowest BCUT2D eigenvalue weighted by Gasteiger charge is -2.28. The van der Waals surface area contributed by atoms with Crippen molar-refractivity contribution in [3.63, 3.8) is 0 Å². The molecule has 2 fully saturated rings. The van der Waals surface area contributed by atoms with Gasteiger partial charge in [-0.3, -0.25) is 4.79 Å². The minimum atomic E-state index is 0.246. The van der Waals surface area contributed by atoms with E-state index in [0.717, 1.165) is 19.5 Å². The summed E-state index contributed by atoms with van der Waals surface area (Å²) in [4.78, 5) is 12.5. The quantitative estimate of drug-likeness (QED) is 0.812. The fraction of sp³-hybridized carbons (Fsp3) is 0.650. The Labute approximate surface area is 140 Å². The number of hydrogen-bond acceptors (Lipinski definition) is 2. The average molecular weight is 314 g/mol. The summed E-state index contributed by atoms with van der Waals surface area (Å²) in [5.41, 5.74) is 1.33. The van der Waals surface area contributed by atoms with Gasteiger partial charge < -0.3 is 10.6 Å². The maximum absolute atomic E-state index is 12.5. The van der Waals surface area contributed by atoms with Crippen molar-refractivity contribution in [2.45, 2.75) is 51.5 Å². The van der Waals surface area contributed by atoms with Gasteiger partial charge in [-0.05, 0) is 68.5 Å². The van der Waals surface area contributed by atoms with Crippen molar-refractivity contribution in [1.82, 2.24) is 10.6 Å². The molecule has 2 aliphatic rings. The summed E-state index contributed by atoms with van der Waals surface area (Å²) in [6, 6.07) is 10.9. The number of piperidine rings is 1. The number of amides is 1. The molecule has 1 aromatic carbocycles. The lowest BCUT2D eigenvalue weighted by molar-refractivity contribution is -0.123. The maximum atomic E-state index is 12.5. The topological polar surface area (TPSA) is 41.1 Å². The third-order valence-electron chi connectivity index (χ3n) is 5.48. The number of benzene rings is 1. The molecule has 0 radical (unpaired) electrons. The van der Waals surface area contributed by atoms with Crippen molar-refractivity contribution in [2.24, 2.45) is 17.8 Å². The number of rotatable bonds is 7. The second-order valence-electron chi connectivity index (χ2n) is 7.49. The van der Waals surface area contributed by atoms with Gasteiger partial charge in [-0.25, -0.2) is 0 Å². The first-order valence-electron chi connectivity index (χ1n) is 9.26. The van der Waals surface area contributed by atoms with E-state index >= 15 is 0 Å². The Hall–Kier alpha value is -1.35. The van der Waals surface area contributed by atoms with Crippen LogP contribution in [0.3, 0.4) is 0 Å². The first kappa shape index (κ1) is 16.5. The molecule has 1 saturated carbocycles. The molecule has 3 rings (SSSR count). The molecule has 0 bridgehead atoms. The van der Waals surface area contributed by atoms with Gasteiger partial charge >= 0.3 is 0 Å².